The third-order valence-electron chi connectivity index (χ3n) is 7.18. The van der Waals surface area contributed by atoms with E-state index in [1.807, 2.05) is 0 Å². The van der Waals surface area contributed by atoms with E-state index in [2.05, 4.69) is 19.2 Å². The predicted molar refractivity (Wildman–Crippen MR) is 167 cm³/mol. The Hall–Kier alpha value is -2.65. The van der Waals surface area contributed by atoms with Crippen LogP contribution in [-0.4, -0.2) is 55.1 Å². The minimum absolute atomic E-state index is 0.211. The van der Waals surface area contributed by atoms with Crippen molar-refractivity contribution in [2.24, 2.45) is 5.73 Å². The summed E-state index contributed by atoms with van der Waals surface area (Å²) in [5.41, 5.74) is 5.18. The molecule has 0 spiro atoms. The van der Waals surface area contributed by atoms with Gasteiger partial charge in [0.2, 0.25) is 11.8 Å². The van der Waals surface area contributed by atoms with Crippen molar-refractivity contribution in [1.29, 1.82) is 0 Å². The van der Waals surface area contributed by atoms with E-state index in [9.17, 15) is 24.0 Å². The van der Waals surface area contributed by atoms with Crippen molar-refractivity contribution in [3.8, 4) is 0 Å². The summed E-state index contributed by atoms with van der Waals surface area (Å²) in [5.74, 6) is -3.08. The number of amides is 2. The third kappa shape index (κ3) is 26.7. The molecule has 10 heteroatoms. The molecule has 2 amide bonds. The van der Waals surface area contributed by atoms with Crippen LogP contribution in [0.1, 0.15) is 156 Å². The second-order valence-electron chi connectivity index (χ2n) is 11.5. The molecule has 0 saturated carbocycles. The lowest BCUT2D eigenvalue weighted by Crippen LogP contribution is -2.44. The molecule has 0 aromatic carbocycles. The van der Waals surface area contributed by atoms with E-state index < -0.39 is 48.3 Å². The summed E-state index contributed by atoms with van der Waals surface area (Å²) in [7, 11) is 0. The number of nitrogens with one attached hydrogen (secondary N) is 1. The molecule has 0 saturated heterocycles. The van der Waals surface area contributed by atoms with Crippen molar-refractivity contribution in [2.45, 2.75) is 168 Å². The highest BCUT2D eigenvalue weighted by Crippen LogP contribution is 2.13. The Morgan fingerprint density at radius 1 is 0.605 bits per heavy atom. The molecule has 0 fully saturated rings. The number of esters is 3. The molecule has 250 valence electrons. The molecule has 2 atom stereocenters. The first-order valence-corrected chi connectivity index (χ1v) is 16.8. The zero-order valence-corrected chi connectivity index (χ0v) is 27.3. The lowest BCUT2D eigenvalue weighted by molar-refractivity contribution is -0.168. The Morgan fingerprint density at radius 2 is 1.02 bits per heavy atom. The van der Waals surface area contributed by atoms with Crippen LogP contribution in [0, 0.1) is 0 Å². The molecular weight excluding hydrogens is 552 g/mol. The van der Waals surface area contributed by atoms with Crippen LogP contribution in [0.4, 0.5) is 0 Å². The average Bonchev–Trinajstić information content (AvgIpc) is 2.95. The van der Waals surface area contributed by atoms with Gasteiger partial charge in [-0.25, -0.2) is 4.79 Å². The third-order valence-corrected chi connectivity index (χ3v) is 7.18. The van der Waals surface area contributed by atoms with E-state index in [0.29, 0.717) is 6.42 Å². The molecule has 0 aromatic rings. The first kappa shape index (κ1) is 40.4. The molecule has 43 heavy (non-hydrogen) atoms. The van der Waals surface area contributed by atoms with Crippen LogP contribution < -0.4 is 11.1 Å². The van der Waals surface area contributed by atoms with Crippen LogP contribution >= 0.6 is 0 Å². The fraction of sp³-hybridized carbons (Fsp3) is 0.848. The van der Waals surface area contributed by atoms with E-state index in [-0.39, 0.29) is 26.1 Å². The van der Waals surface area contributed by atoms with Gasteiger partial charge in [0.15, 0.2) is 6.10 Å². The molecular formula is C33H60N2O8. The van der Waals surface area contributed by atoms with Crippen LogP contribution in [0.15, 0.2) is 0 Å². The minimum Gasteiger partial charge on any atom is -0.462 e. The molecule has 0 aliphatic heterocycles. The van der Waals surface area contributed by atoms with E-state index in [4.69, 9.17) is 19.9 Å². The monoisotopic (exact) mass is 612 g/mol. The van der Waals surface area contributed by atoms with Crippen molar-refractivity contribution in [3.63, 3.8) is 0 Å². The second-order valence-corrected chi connectivity index (χ2v) is 11.5. The topological polar surface area (TPSA) is 151 Å². The molecule has 0 heterocycles. The van der Waals surface area contributed by atoms with Gasteiger partial charge < -0.3 is 25.3 Å². The Labute approximate surface area is 259 Å². The van der Waals surface area contributed by atoms with Crippen LogP contribution in [0.25, 0.3) is 0 Å². The van der Waals surface area contributed by atoms with Gasteiger partial charge >= 0.3 is 17.9 Å². The van der Waals surface area contributed by atoms with Crippen molar-refractivity contribution in [3.05, 3.63) is 0 Å². The number of rotatable bonds is 29. The highest BCUT2D eigenvalue weighted by molar-refractivity contribution is 5.88. The smallest absolute Gasteiger partial charge is 0.329 e. The molecule has 0 rings (SSSR count). The zero-order valence-electron chi connectivity index (χ0n) is 27.3. The Morgan fingerprint density at radius 3 is 1.47 bits per heavy atom. The van der Waals surface area contributed by atoms with Gasteiger partial charge in [0.1, 0.15) is 19.3 Å². The molecule has 0 aromatic heterocycles. The fourth-order valence-electron chi connectivity index (χ4n) is 4.69. The number of primary amides is 1. The van der Waals surface area contributed by atoms with E-state index in [1.165, 1.54) is 71.1 Å². The van der Waals surface area contributed by atoms with Crippen molar-refractivity contribution in [2.75, 3.05) is 13.2 Å². The largest absolute Gasteiger partial charge is 0.462 e. The Balaban J connectivity index is 4.66. The lowest BCUT2D eigenvalue weighted by atomic mass is 10.1. The van der Waals surface area contributed by atoms with Crippen LogP contribution in [0.2, 0.25) is 0 Å². The quantitative estimate of drug-likeness (QED) is 0.0575. The summed E-state index contributed by atoms with van der Waals surface area (Å²) < 4.78 is 16.1. The van der Waals surface area contributed by atoms with Gasteiger partial charge in [0.05, 0.1) is 6.42 Å². The van der Waals surface area contributed by atoms with Crippen LogP contribution in [-0.2, 0) is 38.2 Å². The van der Waals surface area contributed by atoms with Crippen LogP contribution in [0.5, 0.6) is 0 Å². The average molecular weight is 613 g/mol. The standard InChI is InChI=1S/C33H60N2O8/c1-4-6-8-10-12-14-16-18-20-22-31(38)41-25-28(26-42-33(40)29(24-30(34)37)35-27(3)36)43-32(39)23-21-19-17-15-13-11-9-7-5-2/h28-29H,4-26H2,1-3H3,(H2,34,37)(H,35,36)/t28-,29-/m0/s1. The second kappa shape index (κ2) is 28.1. The van der Waals surface area contributed by atoms with Gasteiger partial charge in [-0.3, -0.25) is 19.2 Å². The molecule has 3 N–H and O–H groups in total. The van der Waals surface area contributed by atoms with Gasteiger partial charge in [-0.1, -0.05) is 117 Å². The van der Waals surface area contributed by atoms with Gasteiger partial charge in [0.25, 0.3) is 0 Å². The van der Waals surface area contributed by atoms with Crippen LogP contribution in [0.3, 0.4) is 0 Å². The molecule has 0 bridgehead atoms. The lowest BCUT2D eigenvalue weighted by Gasteiger charge is -2.20. The summed E-state index contributed by atoms with van der Waals surface area (Å²) in [6.45, 7) is 4.96. The van der Waals surface area contributed by atoms with E-state index in [0.717, 1.165) is 44.9 Å². The summed E-state index contributed by atoms with van der Waals surface area (Å²) in [4.78, 5) is 60.1. The maximum Gasteiger partial charge on any atom is 0.329 e. The highest BCUT2D eigenvalue weighted by Gasteiger charge is 2.26. The van der Waals surface area contributed by atoms with Gasteiger partial charge in [-0.05, 0) is 12.8 Å². The first-order chi connectivity index (χ1) is 20.7. The number of hydrogen-bond acceptors (Lipinski definition) is 8. The Bertz CT molecular complexity index is 758. The Kier molecular flexibility index (Phi) is 26.4. The first-order valence-electron chi connectivity index (χ1n) is 16.8. The summed E-state index contributed by atoms with van der Waals surface area (Å²) in [5, 5.41) is 2.33. The summed E-state index contributed by atoms with van der Waals surface area (Å²) in [6, 6.07) is -1.26. The van der Waals surface area contributed by atoms with Crippen molar-refractivity contribution >= 4 is 29.7 Å². The molecule has 0 aliphatic rings. The number of nitrogens with two attached hydrogens (primary N) is 1. The van der Waals surface area contributed by atoms with Crippen molar-refractivity contribution < 1.29 is 38.2 Å². The maximum absolute atomic E-state index is 12.5. The number of ether oxygens (including phenoxy) is 3. The molecule has 0 unspecified atom stereocenters. The number of carbonyl (C=O) groups is 5. The van der Waals surface area contributed by atoms with Gasteiger partial charge in [0, 0.05) is 19.8 Å². The van der Waals surface area contributed by atoms with E-state index >= 15 is 0 Å². The summed E-state index contributed by atoms with van der Waals surface area (Å²) >= 11 is 0. The predicted octanol–water partition coefficient (Wildman–Crippen LogP) is 6.21. The molecule has 0 radical (unpaired) electrons. The number of hydrogen-bond donors (Lipinski definition) is 2. The maximum atomic E-state index is 12.5. The normalized spacial score (nSPS) is 12.3. The molecule has 0 aliphatic carbocycles. The fourth-order valence-corrected chi connectivity index (χ4v) is 4.69. The minimum atomic E-state index is -1.26. The van der Waals surface area contributed by atoms with Crippen molar-refractivity contribution in [1.82, 2.24) is 5.32 Å². The number of carbonyl (C=O) groups excluding carboxylic acids is 5. The number of unbranched alkanes of at least 4 members (excludes halogenated alkanes) is 16. The molecule has 10 nitrogen and oxygen atoms in total. The summed E-state index contributed by atoms with van der Waals surface area (Å²) in [6.07, 6.45) is 19.2. The van der Waals surface area contributed by atoms with Gasteiger partial charge in [-0.2, -0.15) is 0 Å². The zero-order chi connectivity index (χ0) is 32.1. The van der Waals surface area contributed by atoms with Gasteiger partial charge in [-0.15, -0.1) is 0 Å². The SMILES string of the molecule is CCCCCCCCCCCC(=O)OC[C@@H](COC(=O)[C@H](CC(N)=O)NC(C)=O)OC(=O)CCCCCCCCCCC. The highest BCUT2D eigenvalue weighted by atomic mass is 16.6. The van der Waals surface area contributed by atoms with E-state index in [1.54, 1.807) is 0 Å².